The number of ether oxygens (including phenoxy) is 7. The zero-order chi connectivity index (χ0) is 76.6. The number of benzene rings is 1. The molecule has 0 aromatic heterocycles. The van der Waals surface area contributed by atoms with E-state index >= 15 is 0 Å². The number of alkyl halides is 13. The van der Waals surface area contributed by atoms with Crippen LogP contribution in [0.15, 0.2) is 24.3 Å². The Morgan fingerprint density at radius 1 is 0.417 bits per heavy atom. The topological polar surface area (TPSA) is 64.6 Å². The van der Waals surface area contributed by atoms with Gasteiger partial charge in [0.05, 0.1) is 46.1 Å². The standard InChI is InChI=1S/C11H13F3O.C9H18O2.C9H18O.C8H14F2O.C8H14F2.C8H16O.C7H14.C6H11F3O.C5H9F3.C5H12/c1-10(2,3)8-5-4-6-9(7-8)15-11(12,13)14;1-9(2,3)11-8-4-6-10-7-5-8;1-9(2,3)8-4-6-10-7-5-8;1-7(2,3)11-6-4-8(9,10)5-6;1-7(2,3)8(9,10)6-4-5-6;1-8(2,3)9-7-5-4-6-7;1-7(2,3)6-4-5-6;1-5(2,3)10-4-6(7,8)9;1-4(2,3)5(6,7)8;1-5(2,3)4/h4-7H,1-3H3;8H,4-7H2,1-3H3;8H,4-7H2,1-3H3;6H,4-5H2,1-3H3;6H,4-5H2,1-3H3;7H,4-6H2,1-3H3;6H,4-5H2,1-3H3;4H2,1-3H3;1-3H3;1-4H3. The van der Waals surface area contributed by atoms with Crippen molar-refractivity contribution in [3.8, 4) is 5.75 Å². The average Bonchev–Trinajstić information content (AvgIpc) is 1.70. The first kappa shape index (κ1) is 98.0. The van der Waals surface area contributed by atoms with E-state index < -0.39 is 53.6 Å². The van der Waals surface area contributed by atoms with Gasteiger partial charge in [0.25, 0.3) is 11.8 Å². The molecule has 0 amide bonds. The van der Waals surface area contributed by atoms with Crippen LogP contribution in [0.4, 0.5) is 57.1 Å². The summed E-state index contributed by atoms with van der Waals surface area (Å²) in [5.74, 6) is -3.49. The highest BCUT2D eigenvalue weighted by molar-refractivity contribution is 5.32. The lowest BCUT2D eigenvalue weighted by Gasteiger charge is -2.38. The number of halogens is 13. The Morgan fingerprint density at radius 3 is 0.948 bits per heavy atom. The van der Waals surface area contributed by atoms with E-state index in [0.29, 0.717) is 41.3 Å². The summed E-state index contributed by atoms with van der Waals surface area (Å²) in [5, 5.41) is 0. The maximum atomic E-state index is 13.1. The molecule has 7 nitrogen and oxygen atoms in total. The molecule has 4 saturated carbocycles. The molecule has 2 aliphatic heterocycles. The van der Waals surface area contributed by atoms with Gasteiger partial charge in [0.15, 0.2) is 0 Å². The van der Waals surface area contributed by atoms with E-state index in [0.717, 1.165) is 77.4 Å². The van der Waals surface area contributed by atoms with Crippen molar-refractivity contribution in [3.63, 3.8) is 0 Å². The summed E-state index contributed by atoms with van der Waals surface area (Å²) in [7, 11) is 0. The summed E-state index contributed by atoms with van der Waals surface area (Å²) in [6.07, 6.45) is 0.544. The lowest BCUT2D eigenvalue weighted by molar-refractivity contribution is -0.274. The van der Waals surface area contributed by atoms with Crippen molar-refractivity contribution in [1.82, 2.24) is 0 Å². The maximum Gasteiger partial charge on any atom is 0.573 e. The molecule has 96 heavy (non-hydrogen) atoms. The van der Waals surface area contributed by atoms with Crippen LogP contribution in [0.25, 0.3) is 0 Å². The average molecular weight is 1410 g/mol. The predicted molar refractivity (Wildman–Crippen MR) is 368 cm³/mol. The molecule has 0 N–H and O–H groups in total. The van der Waals surface area contributed by atoms with Crippen LogP contribution in [-0.2, 0) is 33.8 Å². The van der Waals surface area contributed by atoms with Gasteiger partial charge in [-0.2, -0.15) is 26.3 Å². The quantitative estimate of drug-likeness (QED) is 0.263. The van der Waals surface area contributed by atoms with Crippen molar-refractivity contribution >= 4 is 0 Å². The molecule has 7 rings (SSSR count). The summed E-state index contributed by atoms with van der Waals surface area (Å²) in [5.41, 5.74) is -1.12. The van der Waals surface area contributed by atoms with E-state index in [-0.39, 0.29) is 52.8 Å². The molecule has 0 spiro atoms. The molecular formula is C76H139F13O7. The molecule has 4 aliphatic carbocycles. The van der Waals surface area contributed by atoms with Crippen LogP contribution in [-0.4, -0.2) is 104 Å². The van der Waals surface area contributed by atoms with Crippen LogP contribution in [0.5, 0.6) is 5.75 Å². The van der Waals surface area contributed by atoms with Crippen LogP contribution in [0.3, 0.4) is 0 Å². The minimum atomic E-state index is -4.63. The van der Waals surface area contributed by atoms with E-state index in [1.165, 1.54) is 57.1 Å². The Balaban J connectivity index is -0.00000101. The third-order valence-corrected chi connectivity index (χ3v) is 14.6. The SMILES string of the molecule is CC(C)(C)C.CC(C)(C)C(F)(F)C1CC1.CC(C)(C)C(F)(F)F.CC(C)(C)C1CC1.CC(C)(C)C1CCOCC1.CC(C)(C)OC1CC(F)(F)C1.CC(C)(C)OC1CCC1.CC(C)(C)OC1CCOCC1.CC(C)(C)OCC(F)(F)F.CC(C)(C)c1cccc(OC(F)(F)F)c1. The van der Waals surface area contributed by atoms with Gasteiger partial charge in [0.1, 0.15) is 12.4 Å². The van der Waals surface area contributed by atoms with E-state index in [4.69, 9.17) is 23.7 Å². The van der Waals surface area contributed by atoms with E-state index in [1.807, 2.05) is 41.5 Å². The summed E-state index contributed by atoms with van der Waals surface area (Å²) in [6, 6.07) is 6.04. The predicted octanol–water partition coefficient (Wildman–Crippen LogP) is 25.8. The summed E-state index contributed by atoms with van der Waals surface area (Å²) in [4.78, 5) is 0. The minimum Gasteiger partial charge on any atom is -0.406 e. The van der Waals surface area contributed by atoms with Gasteiger partial charge in [0, 0.05) is 50.6 Å². The van der Waals surface area contributed by atoms with Crippen molar-refractivity contribution in [2.45, 2.75) is 375 Å². The zero-order valence-corrected chi connectivity index (χ0v) is 65.8. The Labute approximate surface area is 576 Å². The van der Waals surface area contributed by atoms with Crippen LogP contribution >= 0.6 is 0 Å². The molecule has 0 atom stereocenters. The molecule has 20 heteroatoms. The Bertz CT molecular complexity index is 2130. The molecule has 6 aliphatic rings. The molecular weight excluding hydrogens is 1270 g/mol. The first-order chi connectivity index (χ1) is 42.1. The molecule has 2 saturated heterocycles. The molecule has 1 aromatic rings. The molecule has 0 radical (unpaired) electrons. The lowest BCUT2D eigenvalue weighted by Crippen LogP contribution is -2.44. The largest absolute Gasteiger partial charge is 0.573 e. The van der Waals surface area contributed by atoms with Crippen LogP contribution in [0, 0.1) is 44.8 Å². The number of hydrogen-bond acceptors (Lipinski definition) is 7. The lowest BCUT2D eigenvalue weighted by atomic mass is 9.76. The summed E-state index contributed by atoms with van der Waals surface area (Å²) >= 11 is 0. The maximum absolute atomic E-state index is 13.1. The monoisotopic (exact) mass is 1410 g/mol. The van der Waals surface area contributed by atoms with Gasteiger partial charge < -0.3 is 33.2 Å². The van der Waals surface area contributed by atoms with Gasteiger partial charge in [-0.25, -0.2) is 17.6 Å². The fourth-order valence-electron chi connectivity index (χ4n) is 8.50. The Hall–Kier alpha value is -2.13. The zero-order valence-electron chi connectivity index (χ0n) is 65.8. The number of rotatable bonds is 6. The second kappa shape index (κ2) is 39.5. The third kappa shape index (κ3) is 57.5. The molecule has 2 heterocycles. The van der Waals surface area contributed by atoms with Gasteiger partial charge in [-0.05, 0) is 205 Å². The third-order valence-electron chi connectivity index (χ3n) is 14.6. The first-order valence-electron chi connectivity index (χ1n) is 34.7. The van der Waals surface area contributed by atoms with E-state index in [2.05, 4.69) is 120 Å². The molecule has 1 aromatic carbocycles. The fourth-order valence-corrected chi connectivity index (χ4v) is 8.50. The second-order valence-electron chi connectivity index (χ2n) is 37.1. The highest BCUT2D eigenvalue weighted by Gasteiger charge is 2.54. The summed E-state index contributed by atoms with van der Waals surface area (Å²) in [6.45, 7) is 62.3. The molecule has 576 valence electrons. The van der Waals surface area contributed by atoms with Gasteiger partial charge in [0.2, 0.25) is 0 Å². The highest BCUT2D eigenvalue weighted by Crippen LogP contribution is 2.52. The van der Waals surface area contributed by atoms with Crippen LogP contribution in [0.1, 0.15) is 304 Å². The van der Waals surface area contributed by atoms with Crippen molar-refractivity contribution in [2.75, 3.05) is 33.0 Å². The minimum absolute atomic E-state index is 0.00199. The van der Waals surface area contributed by atoms with Gasteiger partial charge in [-0.15, -0.1) is 13.2 Å². The van der Waals surface area contributed by atoms with Crippen LogP contribution < -0.4 is 4.74 Å². The Morgan fingerprint density at radius 2 is 0.750 bits per heavy atom. The first-order valence-corrected chi connectivity index (χ1v) is 34.7. The normalized spacial score (nSPS) is 18.9. The fraction of sp³-hybridized carbons (Fsp3) is 0.921. The van der Waals surface area contributed by atoms with Gasteiger partial charge in [-0.3, -0.25) is 0 Å². The smallest absolute Gasteiger partial charge is 0.406 e. The van der Waals surface area contributed by atoms with Gasteiger partial charge >= 0.3 is 18.7 Å². The molecule has 0 bridgehead atoms. The molecule has 6 fully saturated rings. The van der Waals surface area contributed by atoms with Crippen molar-refractivity contribution in [2.24, 2.45) is 44.8 Å². The second-order valence-corrected chi connectivity index (χ2v) is 37.1. The van der Waals surface area contributed by atoms with E-state index in [1.54, 1.807) is 53.7 Å². The number of hydrogen-bond donors (Lipinski definition) is 0. The summed E-state index contributed by atoms with van der Waals surface area (Å²) < 4.78 is 191. The van der Waals surface area contributed by atoms with Crippen molar-refractivity contribution in [3.05, 3.63) is 29.8 Å². The van der Waals surface area contributed by atoms with Crippen molar-refractivity contribution < 1.29 is 90.2 Å². The van der Waals surface area contributed by atoms with Crippen LogP contribution in [0.2, 0.25) is 0 Å². The highest BCUT2D eigenvalue weighted by atomic mass is 19.4. The van der Waals surface area contributed by atoms with Crippen molar-refractivity contribution in [1.29, 1.82) is 0 Å². The Kier molecular flexibility index (Phi) is 40.3. The van der Waals surface area contributed by atoms with E-state index in [9.17, 15) is 57.1 Å². The molecule has 0 unspecified atom stereocenters. The van der Waals surface area contributed by atoms with Gasteiger partial charge in [-0.1, -0.05) is 144 Å².